The molecule has 0 unspecified atom stereocenters. The van der Waals surface area contributed by atoms with Crippen LogP contribution in [0, 0.1) is 6.92 Å². The van der Waals surface area contributed by atoms with Crippen molar-refractivity contribution in [2.24, 2.45) is 0 Å². The zero-order valence-electron chi connectivity index (χ0n) is 59.9. The molecule has 0 radical (unpaired) electrons. The van der Waals surface area contributed by atoms with Crippen LogP contribution in [0.3, 0.4) is 0 Å². The number of phenols is 3. The van der Waals surface area contributed by atoms with E-state index >= 15 is 0 Å². The molecule has 1 aliphatic carbocycles. The lowest BCUT2D eigenvalue weighted by molar-refractivity contribution is 0.475. The molecule has 15 aromatic rings. The third-order valence-electron chi connectivity index (χ3n) is 17.8. The number of fused-ring (bicyclic) bond motifs is 3. The van der Waals surface area contributed by atoms with E-state index in [0.717, 1.165) is 144 Å². The first-order chi connectivity index (χ1) is 51.5. The Balaban J connectivity index is 0.000000134. The van der Waals surface area contributed by atoms with E-state index in [2.05, 4.69) is 152 Å². The molecule has 1 aliphatic rings. The fraction of sp³-hybridized carbons (Fsp3) is 0.182. The number of aromatic hydroxyl groups is 3. The van der Waals surface area contributed by atoms with Crippen molar-refractivity contribution in [3.8, 4) is 83.1 Å². The second-order valence-electron chi connectivity index (χ2n) is 26.8. The summed E-state index contributed by atoms with van der Waals surface area (Å²) < 4.78 is 39.2. The standard InChI is InChI=1S/C30H26N2O3S.C30H28N2O3S.C28H24N2O3S/c1-18(2)23-5-3-4-6-24(23)29-28(25-15-12-21(33)17-26(25)36-29)34-22-13-7-19(8-14-22)9-16-27-31-32-30(35-27)20-10-11-20;1-4-7-27-31-32-28(35-27)17-12-20-10-14-22(15-11-20)34-29-25-16-13-21(33)18-26(25)36-30(29)24-9-6-5-8-23(24)19(2)3;1-17(2)22-6-4-5-7-23(22)28-27(24-14-11-20(31)16-25(24)34-28)33-21-12-8-19(9-13-21)10-15-26-30-29-18(3)32-26/h3-9,12-18,20,33H,10-11H2,1-2H3;5-6,8-19,33H,4,7H2,1-3H3;4-17,31H,1-3H3/b16-9+;17-12+;15-10+. The highest BCUT2D eigenvalue weighted by Gasteiger charge is 2.29. The molecule has 532 valence electrons. The van der Waals surface area contributed by atoms with Gasteiger partial charge in [-0.25, -0.2) is 0 Å². The highest BCUT2D eigenvalue weighted by Crippen LogP contribution is 2.52. The molecular formula is C88H78N6O9S3. The average Bonchev–Trinajstić information content (AvgIpc) is 1.62. The molecule has 0 spiro atoms. The number of phenolic OH excluding ortho intramolecular Hbond substituents is 3. The van der Waals surface area contributed by atoms with Gasteiger partial charge in [0.1, 0.15) is 34.5 Å². The molecule has 1 saturated carbocycles. The number of hydrogen-bond acceptors (Lipinski definition) is 18. The molecule has 0 aliphatic heterocycles. The summed E-state index contributed by atoms with van der Waals surface area (Å²) >= 11 is 4.91. The van der Waals surface area contributed by atoms with Crippen molar-refractivity contribution in [1.29, 1.82) is 0 Å². The molecule has 1 fully saturated rings. The second-order valence-corrected chi connectivity index (χ2v) is 29.9. The lowest BCUT2D eigenvalue weighted by Gasteiger charge is -2.14. The average molecular weight is 1460 g/mol. The summed E-state index contributed by atoms with van der Waals surface area (Å²) in [5, 5.41) is 57.3. The SMILES string of the molecule is CC(C)c1ccccc1-c1sc2cc(O)ccc2c1Oc1ccc(/C=C/c2nnc(C3CC3)o2)cc1.CCCc1nnc(/C=C/c2ccc(Oc3c(-c4ccccc4C(C)C)sc4cc(O)ccc34)cc2)o1.Cc1nnc(/C=C/c2ccc(Oc3c(-c4ccccc4C(C)C)sc4cc(O)ccc34)cc2)o1. The van der Waals surface area contributed by atoms with Crippen LogP contribution in [0.15, 0.2) is 213 Å². The summed E-state index contributed by atoms with van der Waals surface area (Å²) in [6.07, 6.45) is 15.3. The van der Waals surface area contributed by atoms with Crippen molar-refractivity contribution in [2.45, 2.75) is 105 Å². The molecule has 0 atom stereocenters. The second kappa shape index (κ2) is 32.1. The van der Waals surface area contributed by atoms with Gasteiger partial charge in [-0.1, -0.05) is 158 Å². The van der Waals surface area contributed by atoms with Gasteiger partial charge in [0.15, 0.2) is 17.2 Å². The van der Waals surface area contributed by atoms with Crippen molar-refractivity contribution >= 4 is 101 Å². The van der Waals surface area contributed by atoms with Crippen LogP contribution in [0.4, 0.5) is 0 Å². The smallest absolute Gasteiger partial charge is 0.240 e. The van der Waals surface area contributed by atoms with Crippen LogP contribution in [0.25, 0.3) is 98.0 Å². The highest BCUT2D eigenvalue weighted by atomic mass is 32.1. The van der Waals surface area contributed by atoms with Crippen LogP contribution in [-0.4, -0.2) is 45.9 Å². The van der Waals surface area contributed by atoms with E-state index in [0.29, 0.717) is 53.1 Å². The number of ether oxygens (including phenoxy) is 3. The van der Waals surface area contributed by atoms with Crippen LogP contribution in [0.5, 0.6) is 51.7 Å². The Morgan fingerprint density at radius 1 is 0.406 bits per heavy atom. The van der Waals surface area contributed by atoms with Gasteiger partial charge in [-0.2, -0.15) is 0 Å². The molecule has 16 rings (SSSR count). The van der Waals surface area contributed by atoms with E-state index in [4.69, 9.17) is 27.5 Å². The third kappa shape index (κ3) is 16.8. The van der Waals surface area contributed by atoms with Crippen molar-refractivity contribution in [2.75, 3.05) is 0 Å². The Morgan fingerprint density at radius 2 is 0.755 bits per heavy atom. The lowest BCUT2D eigenvalue weighted by Crippen LogP contribution is -1.92. The zero-order valence-corrected chi connectivity index (χ0v) is 62.3. The molecule has 106 heavy (non-hydrogen) atoms. The number of aromatic nitrogens is 6. The van der Waals surface area contributed by atoms with E-state index in [1.165, 1.54) is 16.7 Å². The summed E-state index contributed by atoms with van der Waals surface area (Å²) in [5.41, 5.74) is 10.3. The van der Waals surface area contributed by atoms with E-state index in [1.54, 1.807) is 83.4 Å². The molecule has 15 nitrogen and oxygen atoms in total. The van der Waals surface area contributed by atoms with E-state index in [1.807, 2.05) is 121 Å². The maximum atomic E-state index is 10.1. The molecule has 6 aromatic heterocycles. The van der Waals surface area contributed by atoms with E-state index in [9.17, 15) is 15.3 Å². The number of thiophene rings is 3. The van der Waals surface area contributed by atoms with Crippen LogP contribution in [0.2, 0.25) is 0 Å². The maximum Gasteiger partial charge on any atom is 0.240 e. The van der Waals surface area contributed by atoms with Crippen molar-refractivity contribution in [3.63, 3.8) is 0 Å². The number of benzene rings is 9. The largest absolute Gasteiger partial charge is 0.508 e. The molecule has 0 amide bonds. The lowest BCUT2D eigenvalue weighted by atomic mass is 9.96. The Kier molecular flexibility index (Phi) is 21.6. The van der Waals surface area contributed by atoms with Crippen LogP contribution in [0.1, 0.15) is 160 Å². The van der Waals surface area contributed by atoms with Crippen LogP contribution in [-0.2, 0) is 6.42 Å². The molecule has 0 bridgehead atoms. The molecule has 0 saturated heterocycles. The summed E-state index contributed by atoms with van der Waals surface area (Å²) in [6, 6.07) is 65.3. The third-order valence-corrected chi connectivity index (χ3v) is 21.3. The van der Waals surface area contributed by atoms with Gasteiger partial charge in [0.05, 0.1) is 14.6 Å². The minimum absolute atomic E-state index is 0.247. The van der Waals surface area contributed by atoms with Crippen LogP contribution >= 0.6 is 34.0 Å². The molecule has 3 N–H and O–H groups in total. The van der Waals surface area contributed by atoms with Gasteiger partial charge in [0.25, 0.3) is 0 Å². The quantitative estimate of drug-likeness (QED) is 0.0612. The predicted molar refractivity (Wildman–Crippen MR) is 429 cm³/mol. The Morgan fingerprint density at radius 3 is 1.10 bits per heavy atom. The predicted octanol–water partition coefficient (Wildman–Crippen LogP) is 25.4. The van der Waals surface area contributed by atoms with Crippen molar-refractivity contribution in [3.05, 3.63) is 269 Å². The molecule has 9 aromatic carbocycles. The monoisotopic (exact) mass is 1460 g/mol. The van der Waals surface area contributed by atoms with E-state index in [-0.39, 0.29) is 17.2 Å². The highest BCUT2D eigenvalue weighted by molar-refractivity contribution is 7.23. The Bertz CT molecular complexity index is 5650. The van der Waals surface area contributed by atoms with Gasteiger partial charge < -0.3 is 42.8 Å². The van der Waals surface area contributed by atoms with E-state index < -0.39 is 0 Å². The minimum Gasteiger partial charge on any atom is -0.508 e. The number of rotatable bonds is 21. The first-order valence-electron chi connectivity index (χ1n) is 35.4. The molecule has 18 heteroatoms. The summed E-state index contributed by atoms with van der Waals surface area (Å²) in [6.45, 7) is 17.0. The van der Waals surface area contributed by atoms with Gasteiger partial charge in [-0.15, -0.1) is 64.6 Å². The Hall–Kier alpha value is -11.7. The van der Waals surface area contributed by atoms with Gasteiger partial charge in [0.2, 0.25) is 35.3 Å². The summed E-state index contributed by atoms with van der Waals surface area (Å²) in [5.74, 6) is 10.4. The first kappa shape index (κ1) is 71.3. The van der Waals surface area contributed by atoms with Crippen molar-refractivity contribution in [1.82, 2.24) is 30.6 Å². The minimum atomic E-state index is 0.247. The fourth-order valence-corrected chi connectivity index (χ4v) is 15.9. The normalized spacial score (nSPS) is 12.4. The van der Waals surface area contributed by atoms with Gasteiger partial charge >= 0.3 is 0 Å². The maximum absolute atomic E-state index is 10.1. The summed E-state index contributed by atoms with van der Waals surface area (Å²) in [7, 11) is 0. The van der Waals surface area contributed by atoms with Gasteiger partial charge in [-0.3, -0.25) is 0 Å². The van der Waals surface area contributed by atoms with Gasteiger partial charge in [0, 0.05) is 67.7 Å². The van der Waals surface area contributed by atoms with Crippen molar-refractivity contribution < 1.29 is 42.8 Å². The Labute approximate surface area is 626 Å². The zero-order chi connectivity index (χ0) is 73.4. The first-order valence-corrected chi connectivity index (χ1v) is 37.9. The van der Waals surface area contributed by atoms with Gasteiger partial charge in [-0.05, 0) is 196 Å². The number of hydrogen-bond donors (Lipinski definition) is 3. The number of aryl methyl sites for hydroxylation is 2. The van der Waals surface area contributed by atoms with Crippen LogP contribution < -0.4 is 14.2 Å². The number of nitrogens with zero attached hydrogens (tertiary/aromatic N) is 6. The topological polar surface area (TPSA) is 205 Å². The molecular weight excluding hydrogens is 1380 g/mol. The molecule has 6 heterocycles. The summed E-state index contributed by atoms with van der Waals surface area (Å²) in [4.78, 5) is 3.18. The fourth-order valence-electron chi connectivity index (χ4n) is 12.3.